The van der Waals surface area contributed by atoms with Crippen LogP contribution >= 0.6 is 0 Å². The van der Waals surface area contributed by atoms with Gasteiger partial charge >= 0.3 is 12.2 Å². The molecule has 134 valence electrons. The van der Waals surface area contributed by atoms with E-state index in [9.17, 15) is 18.0 Å². The number of rotatable bonds is 4. The summed E-state index contributed by atoms with van der Waals surface area (Å²) in [6, 6.07) is 11.9. The Bertz CT molecular complexity index is 720. The van der Waals surface area contributed by atoms with Crippen molar-refractivity contribution in [1.82, 2.24) is 5.32 Å². The molecule has 0 atom stereocenters. The van der Waals surface area contributed by atoms with Gasteiger partial charge in [0.2, 0.25) is 0 Å². The molecule has 0 saturated carbocycles. The second-order valence-electron chi connectivity index (χ2n) is 6.63. The second-order valence-corrected chi connectivity index (χ2v) is 6.63. The number of hydrogen-bond donors (Lipinski definition) is 2. The summed E-state index contributed by atoms with van der Waals surface area (Å²) in [6.45, 7) is 6.42. The fraction of sp³-hybridized carbons (Fsp3) is 0.316. The minimum atomic E-state index is -4.39. The molecule has 0 saturated heterocycles. The largest absolute Gasteiger partial charge is 0.416 e. The average molecular weight is 350 g/mol. The third kappa shape index (κ3) is 5.24. The lowest BCUT2D eigenvalue weighted by atomic mass is 9.84. The van der Waals surface area contributed by atoms with Gasteiger partial charge in [-0.3, -0.25) is 0 Å². The zero-order valence-electron chi connectivity index (χ0n) is 14.4. The van der Waals surface area contributed by atoms with Crippen LogP contribution in [0.15, 0.2) is 48.5 Å². The summed E-state index contributed by atoms with van der Waals surface area (Å²) in [6.07, 6.45) is -4.39. The Morgan fingerprint density at radius 2 is 1.44 bits per heavy atom. The number of benzene rings is 2. The standard InChI is InChI=1S/C19H21F3N2O/c1-13-4-6-14(7-5-13)18(2,3)12-23-17(25)24-16-10-8-15(9-11-16)19(20,21)22/h4-11H,12H2,1-3H3,(H2,23,24,25). The van der Waals surface area contributed by atoms with Crippen molar-refractivity contribution in [3.8, 4) is 0 Å². The fourth-order valence-corrected chi connectivity index (χ4v) is 2.33. The molecule has 2 N–H and O–H groups in total. The minimum Gasteiger partial charge on any atom is -0.337 e. The zero-order chi connectivity index (χ0) is 18.7. The van der Waals surface area contributed by atoms with E-state index in [1.165, 1.54) is 12.1 Å². The van der Waals surface area contributed by atoms with Crippen molar-refractivity contribution in [2.45, 2.75) is 32.4 Å². The van der Waals surface area contributed by atoms with Crippen LogP contribution in [0.3, 0.4) is 0 Å². The topological polar surface area (TPSA) is 41.1 Å². The van der Waals surface area contributed by atoms with Gasteiger partial charge in [0, 0.05) is 17.6 Å². The Morgan fingerprint density at radius 1 is 0.920 bits per heavy atom. The molecule has 6 heteroatoms. The first-order valence-corrected chi connectivity index (χ1v) is 7.87. The molecule has 0 aliphatic rings. The van der Waals surface area contributed by atoms with E-state index in [-0.39, 0.29) is 5.41 Å². The van der Waals surface area contributed by atoms with Gasteiger partial charge in [-0.05, 0) is 36.8 Å². The summed E-state index contributed by atoms with van der Waals surface area (Å²) in [4.78, 5) is 12.0. The molecule has 0 aromatic heterocycles. The van der Waals surface area contributed by atoms with Gasteiger partial charge in [0.25, 0.3) is 0 Å². The van der Waals surface area contributed by atoms with E-state index >= 15 is 0 Å². The number of alkyl halides is 3. The zero-order valence-corrected chi connectivity index (χ0v) is 14.4. The van der Waals surface area contributed by atoms with E-state index in [1.54, 1.807) is 0 Å². The van der Waals surface area contributed by atoms with E-state index in [2.05, 4.69) is 10.6 Å². The van der Waals surface area contributed by atoms with Crippen LogP contribution in [0, 0.1) is 6.92 Å². The molecule has 0 aliphatic carbocycles. The van der Waals surface area contributed by atoms with E-state index in [0.29, 0.717) is 12.2 Å². The highest BCUT2D eigenvalue weighted by Crippen LogP contribution is 2.29. The molecule has 2 aromatic carbocycles. The maximum atomic E-state index is 12.5. The molecular weight excluding hydrogens is 329 g/mol. The van der Waals surface area contributed by atoms with Crippen molar-refractivity contribution in [2.24, 2.45) is 0 Å². The molecule has 3 nitrogen and oxygen atoms in total. The lowest BCUT2D eigenvalue weighted by molar-refractivity contribution is -0.137. The predicted octanol–water partition coefficient (Wildman–Crippen LogP) is 5.11. The van der Waals surface area contributed by atoms with Gasteiger partial charge in [-0.25, -0.2) is 4.79 Å². The molecule has 0 bridgehead atoms. The minimum absolute atomic E-state index is 0.273. The monoisotopic (exact) mass is 350 g/mol. The van der Waals surface area contributed by atoms with Gasteiger partial charge in [-0.1, -0.05) is 43.7 Å². The van der Waals surface area contributed by atoms with Crippen molar-refractivity contribution in [2.75, 3.05) is 11.9 Å². The highest BCUT2D eigenvalue weighted by molar-refractivity contribution is 5.89. The summed E-state index contributed by atoms with van der Waals surface area (Å²) >= 11 is 0. The van der Waals surface area contributed by atoms with Crippen LogP contribution in [0.25, 0.3) is 0 Å². The molecule has 25 heavy (non-hydrogen) atoms. The lowest BCUT2D eigenvalue weighted by Gasteiger charge is -2.26. The molecule has 0 aliphatic heterocycles. The van der Waals surface area contributed by atoms with Crippen LogP contribution in [0.5, 0.6) is 0 Å². The lowest BCUT2D eigenvalue weighted by Crippen LogP contribution is -2.38. The Labute approximate surface area is 145 Å². The van der Waals surface area contributed by atoms with Crippen LogP contribution in [0.2, 0.25) is 0 Å². The van der Waals surface area contributed by atoms with Gasteiger partial charge in [-0.2, -0.15) is 13.2 Å². The van der Waals surface area contributed by atoms with Crippen molar-refractivity contribution < 1.29 is 18.0 Å². The van der Waals surface area contributed by atoms with Crippen LogP contribution < -0.4 is 10.6 Å². The molecule has 2 rings (SSSR count). The fourth-order valence-electron chi connectivity index (χ4n) is 2.33. The van der Waals surface area contributed by atoms with Crippen molar-refractivity contribution in [1.29, 1.82) is 0 Å². The number of aryl methyl sites for hydroxylation is 1. The number of nitrogens with one attached hydrogen (secondary N) is 2. The number of anilines is 1. The molecule has 2 amide bonds. The Balaban J connectivity index is 1.93. The Morgan fingerprint density at radius 3 is 1.96 bits per heavy atom. The quantitative estimate of drug-likeness (QED) is 0.790. The highest BCUT2D eigenvalue weighted by atomic mass is 19.4. The summed E-state index contributed by atoms with van der Waals surface area (Å²) in [5.41, 5.74) is 1.53. The predicted molar refractivity (Wildman–Crippen MR) is 92.7 cm³/mol. The van der Waals surface area contributed by atoms with Crippen LogP contribution in [-0.4, -0.2) is 12.6 Å². The smallest absolute Gasteiger partial charge is 0.337 e. The van der Waals surface area contributed by atoms with Gasteiger partial charge in [-0.15, -0.1) is 0 Å². The Hall–Kier alpha value is -2.50. The molecule has 0 spiro atoms. The normalized spacial score (nSPS) is 11.9. The highest BCUT2D eigenvalue weighted by Gasteiger charge is 2.30. The molecule has 0 radical (unpaired) electrons. The number of carbonyl (C=O) groups excluding carboxylic acids is 1. The number of urea groups is 1. The number of halogens is 3. The summed E-state index contributed by atoms with van der Waals surface area (Å²) in [5.74, 6) is 0. The third-order valence-corrected chi connectivity index (χ3v) is 3.99. The number of hydrogen-bond acceptors (Lipinski definition) is 1. The molecule has 2 aromatic rings. The van der Waals surface area contributed by atoms with Gasteiger partial charge < -0.3 is 10.6 Å². The molecule has 0 fully saturated rings. The number of carbonyl (C=O) groups is 1. The average Bonchev–Trinajstić information content (AvgIpc) is 2.53. The summed E-state index contributed by atoms with van der Waals surface area (Å²) in [7, 11) is 0. The number of amides is 2. The maximum Gasteiger partial charge on any atom is 0.416 e. The van der Waals surface area contributed by atoms with Gasteiger partial charge in [0.05, 0.1) is 5.56 Å². The second kappa shape index (κ2) is 7.17. The molecule has 0 unspecified atom stereocenters. The van der Waals surface area contributed by atoms with Crippen molar-refractivity contribution >= 4 is 11.7 Å². The van der Waals surface area contributed by atoms with Crippen molar-refractivity contribution in [3.63, 3.8) is 0 Å². The van der Waals surface area contributed by atoms with E-state index in [1.807, 2.05) is 45.0 Å². The molecular formula is C19H21F3N2O. The molecule has 0 heterocycles. The maximum absolute atomic E-state index is 12.5. The SMILES string of the molecule is Cc1ccc(C(C)(C)CNC(=O)Nc2ccc(C(F)(F)F)cc2)cc1. The summed E-state index contributed by atoms with van der Waals surface area (Å²) in [5, 5.41) is 5.29. The van der Waals surface area contributed by atoms with E-state index in [4.69, 9.17) is 0 Å². The first kappa shape index (κ1) is 18.8. The summed E-state index contributed by atoms with van der Waals surface area (Å²) < 4.78 is 37.6. The first-order chi connectivity index (χ1) is 11.6. The van der Waals surface area contributed by atoms with E-state index < -0.39 is 17.8 Å². The van der Waals surface area contributed by atoms with Gasteiger partial charge in [0.15, 0.2) is 0 Å². The Kier molecular flexibility index (Phi) is 5.40. The van der Waals surface area contributed by atoms with Crippen LogP contribution in [0.1, 0.15) is 30.5 Å². The van der Waals surface area contributed by atoms with Gasteiger partial charge in [0.1, 0.15) is 0 Å². The van der Waals surface area contributed by atoms with Crippen molar-refractivity contribution in [3.05, 3.63) is 65.2 Å². The first-order valence-electron chi connectivity index (χ1n) is 7.87. The third-order valence-electron chi connectivity index (χ3n) is 3.99. The van der Waals surface area contributed by atoms with Crippen LogP contribution in [-0.2, 0) is 11.6 Å². The van der Waals surface area contributed by atoms with E-state index in [0.717, 1.165) is 23.3 Å². The van der Waals surface area contributed by atoms with Crippen LogP contribution in [0.4, 0.5) is 23.7 Å².